The van der Waals surface area contributed by atoms with Crippen LogP contribution in [-0.4, -0.2) is 44.5 Å². The van der Waals surface area contributed by atoms with E-state index in [1.807, 2.05) is 25.1 Å². The van der Waals surface area contributed by atoms with Crippen LogP contribution in [0, 0.1) is 0 Å². The molecule has 0 aliphatic rings. The summed E-state index contributed by atoms with van der Waals surface area (Å²) in [6.07, 6.45) is 5.98. The summed E-state index contributed by atoms with van der Waals surface area (Å²) in [5.74, 6) is 0. The van der Waals surface area contributed by atoms with Crippen molar-refractivity contribution >= 4 is 6.03 Å². The van der Waals surface area contributed by atoms with E-state index in [-0.39, 0.29) is 12.1 Å². The number of rotatable bonds is 6. The molecule has 0 aliphatic carbocycles. The number of urea groups is 1. The van der Waals surface area contributed by atoms with Crippen LogP contribution in [0.3, 0.4) is 0 Å². The van der Waals surface area contributed by atoms with Gasteiger partial charge in [0.25, 0.3) is 0 Å². The number of hydrogen-bond donors (Lipinski definition) is 1. The maximum absolute atomic E-state index is 12.1. The normalized spacial score (nSPS) is 11.9. The molecule has 7 nitrogen and oxygen atoms in total. The summed E-state index contributed by atoms with van der Waals surface area (Å²) < 4.78 is 1.74. The van der Waals surface area contributed by atoms with Crippen molar-refractivity contribution in [3.8, 4) is 0 Å². The van der Waals surface area contributed by atoms with Gasteiger partial charge in [-0.3, -0.25) is 9.67 Å². The second kappa shape index (κ2) is 7.37. The number of nitrogens with zero attached hydrogens (tertiary/aromatic N) is 5. The molecule has 7 heteroatoms. The van der Waals surface area contributed by atoms with E-state index in [1.54, 1.807) is 35.2 Å². The van der Waals surface area contributed by atoms with Crippen molar-refractivity contribution in [1.29, 1.82) is 0 Å². The Morgan fingerprint density at radius 3 is 2.95 bits per heavy atom. The Morgan fingerprint density at radius 1 is 1.43 bits per heavy atom. The van der Waals surface area contributed by atoms with Crippen molar-refractivity contribution in [3.63, 3.8) is 0 Å². The zero-order chi connectivity index (χ0) is 15.1. The van der Waals surface area contributed by atoms with E-state index in [2.05, 4.69) is 20.6 Å². The Hall–Kier alpha value is -2.44. The second-order valence-corrected chi connectivity index (χ2v) is 4.79. The summed E-state index contributed by atoms with van der Waals surface area (Å²) in [5, 5.41) is 10.5. The average Bonchev–Trinajstić information content (AvgIpc) is 3.04. The third kappa shape index (κ3) is 4.27. The predicted molar refractivity (Wildman–Crippen MR) is 78.5 cm³/mol. The molecule has 2 rings (SSSR count). The van der Waals surface area contributed by atoms with Gasteiger partial charge in [-0.25, -0.2) is 4.79 Å². The quantitative estimate of drug-likeness (QED) is 0.817. The van der Waals surface area contributed by atoms with Gasteiger partial charge in [-0.2, -0.15) is 0 Å². The van der Waals surface area contributed by atoms with Crippen LogP contribution in [0.2, 0.25) is 0 Å². The third-order valence-electron chi connectivity index (χ3n) is 3.33. The first kappa shape index (κ1) is 15.0. The molecule has 21 heavy (non-hydrogen) atoms. The molecule has 2 aromatic rings. The molecule has 0 aromatic carbocycles. The highest BCUT2D eigenvalue weighted by Crippen LogP contribution is 2.15. The molecule has 0 unspecified atom stereocenters. The summed E-state index contributed by atoms with van der Waals surface area (Å²) in [4.78, 5) is 18.0. The highest BCUT2D eigenvalue weighted by atomic mass is 16.2. The lowest BCUT2D eigenvalue weighted by molar-refractivity contribution is 0.193. The fourth-order valence-electron chi connectivity index (χ4n) is 1.91. The Labute approximate surface area is 124 Å². The Morgan fingerprint density at radius 2 is 2.29 bits per heavy atom. The largest absolute Gasteiger partial charge is 0.338 e. The molecule has 1 atom stereocenters. The number of nitrogens with one attached hydrogen (secondary N) is 1. The van der Waals surface area contributed by atoms with Crippen molar-refractivity contribution in [1.82, 2.24) is 30.2 Å². The monoisotopic (exact) mass is 288 g/mol. The molecule has 2 heterocycles. The zero-order valence-corrected chi connectivity index (χ0v) is 12.3. The Balaban J connectivity index is 1.74. The van der Waals surface area contributed by atoms with Crippen molar-refractivity contribution in [3.05, 3.63) is 42.5 Å². The first-order valence-corrected chi connectivity index (χ1v) is 6.94. The van der Waals surface area contributed by atoms with E-state index in [0.717, 1.165) is 18.7 Å². The number of pyridine rings is 1. The molecule has 2 aromatic heterocycles. The van der Waals surface area contributed by atoms with Crippen molar-refractivity contribution in [2.24, 2.45) is 0 Å². The van der Waals surface area contributed by atoms with Crippen LogP contribution >= 0.6 is 0 Å². The average molecular weight is 288 g/mol. The number of carbonyl (C=O) groups is 1. The van der Waals surface area contributed by atoms with Crippen LogP contribution in [0.5, 0.6) is 0 Å². The molecule has 0 fully saturated rings. The summed E-state index contributed by atoms with van der Waals surface area (Å²) >= 11 is 0. The van der Waals surface area contributed by atoms with E-state index in [4.69, 9.17) is 0 Å². The maximum Gasteiger partial charge on any atom is 0.317 e. The van der Waals surface area contributed by atoms with Crippen LogP contribution in [0.25, 0.3) is 0 Å². The fraction of sp³-hybridized carbons (Fsp3) is 0.429. The van der Waals surface area contributed by atoms with Crippen molar-refractivity contribution < 1.29 is 4.79 Å². The minimum atomic E-state index is -0.105. The smallest absolute Gasteiger partial charge is 0.317 e. The van der Waals surface area contributed by atoms with Crippen LogP contribution in [0.15, 0.2) is 36.8 Å². The van der Waals surface area contributed by atoms with E-state index >= 15 is 0 Å². The Bertz CT molecular complexity index is 542. The van der Waals surface area contributed by atoms with Gasteiger partial charge in [0, 0.05) is 32.5 Å². The number of aryl methyl sites for hydroxylation is 1. The minimum absolute atomic E-state index is 0.0680. The summed E-state index contributed by atoms with van der Waals surface area (Å²) in [5.41, 5.74) is 0.873. The zero-order valence-electron chi connectivity index (χ0n) is 12.3. The molecule has 0 saturated heterocycles. The number of carbonyl (C=O) groups excluding carboxylic acids is 1. The highest BCUT2D eigenvalue weighted by molar-refractivity contribution is 5.74. The molecule has 0 spiro atoms. The molecular weight excluding hydrogens is 268 g/mol. The molecule has 0 saturated carbocycles. The maximum atomic E-state index is 12.1. The molecule has 1 N–H and O–H groups in total. The van der Waals surface area contributed by atoms with Crippen molar-refractivity contribution in [2.75, 3.05) is 13.6 Å². The first-order chi connectivity index (χ1) is 10.2. The number of hydrogen-bond acceptors (Lipinski definition) is 4. The third-order valence-corrected chi connectivity index (χ3v) is 3.33. The molecule has 112 valence electrons. The molecule has 0 aliphatic heterocycles. The minimum Gasteiger partial charge on any atom is -0.338 e. The lowest BCUT2D eigenvalue weighted by Crippen LogP contribution is -2.39. The SMILES string of the molecule is C[C@@H](c1ccccn1)N(C)C(=O)NCCCn1ccnn1. The van der Waals surface area contributed by atoms with Gasteiger partial charge in [0.1, 0.15) is 0 Å². The molecule has 0 bridgehead atoms. The Kier molecular flexibility index (Phi) is 5.25. The van der Waals surface area contributed by atoms with Gasteiger partial charge in [-0.1, -0.05) is 11.3 Å². The molecule has 0 radical (unpaired) electrons. The van der Waals surface area contributed by atoms with Gasteiger partial charge < -0.3 is 10.2 Å². The standard InChI is InChI=1S/C14H20N6O/c1-12(13-6-3-4-7-15-13)19(2)14(21)16-8-5-10-20-11-9-17-18-20/h3-4,6-7,9,11-12H,5,8,10H2,1-2H3,(H,16,21)/t12-/m0/s1. The lowest BCUT2D eigenvalue weighted by Gasteiger charge is -2.24. The van der Waals surface area contributed by atoms with Crippen molar-refractivity contribution in [2.45, 2.75) is 25.9 Å². The van der Waals surface area contributed by atoms with Gasteiger partial charge in [-0.05, 0) is 25.5 Å². The van der Waals surface area contributed by atoms with E-state index in [9.17, 15) is 4.79 Å². The lowest BCUT2D eigenvalue weighted by atomic mass is 10.2. The summed E-state index contributed by atoms with van der Waals surface area (Å²) in [6.45, 7) is 3.29. The van der Waals surface area contributed by atoms with Crippen LogP contribution in [-0.2, 0) is 6.54 Å². The summed E-state index contributed by atoms with van der Waals surface area (Å²) in [6, 6.07) is 5.52. The van der Waals surface area contributed by atoms with Gasteiger partial charge in [0.15, 0.2) is 0 Å². The first-order valence-electron chi connectivity index (χ1n) is 6.94. The topological polar surface area (TPSA) is 75.9 Å². The highest BCUT2D eigenvalue weighted by Gasteiger charge is 2.17. The molecule has 2 amide bonds. The van der Waals surface area contributed by atoms with E-state index in [1.165, 1.54) is 0 Å². The predicted octanol–water partition coefficient (Wildman–Crippen LogP) is 1.47. The fourth-order valence-corrected chi connectivity index (χ4v) is 1.91. The number of aromatic nitrogens is 4. The second-order valence-electron chi connectivity index (χ2n) is 4.79. The van der Waals surface area contributed by atoms with Crippen LogP contribution in [0.4, 0.5) is 4.79 Å². The van der Waals surface area contributed by atoms with Crippen LogP contribution in [0.1, 0.15) is 25.1 Å². The van der Waals surface area contributed by atoms with E-state index in [0.29, 0.717) is 6.54 Å². The van der Waals surface area contributed by atoms with Crippen LogP contribution < -0.4 is 5.32 Å². The van der Waals surface area contributed by atoms with Gasteiger partial charge in [0.05, 0.1) is 17.9 Å². The van der Waals surface area contributed by atoms with Gasteiger partial charge in [-0.15, -0.1) is 5.10 Å². The van der Waals surface area contributed by atoms with Gasteiger partial charge >= 0.3 is 6.03 Å². The van der Waals surface area contributed by atoms with Gasteiger partial charge in [0.2, 0.25) is 0 Å². The van der Waals surface area contributed by atoms with E-state index < -0.39 is 0 Å². The molecular formula is C14H20N6O. The number of amides is 2. The summed E-state index contributed by atoms with van der Waals surface area (Å²) in [7, 11) is 1.77.